The Hall–Kier alpha value is -4.86. The third-order valence-corrected chi connectivity index (χ3v) is 11.0. The molecule has 21 heteroatoms. The number of hydrogen-bond donors (Lipinski definition) is 1. The number of benzene rings is 1. The Bertz CT molecular complexity index is 1960. The molecule has 0 spiro atoms. The highest BCUT2D eigenvalue weighted by atomic mass is 16.6. The van der Waals surface area contributed by atoms with Crippen molar-refractivity contribution in [2.45, 2.75) is 57.3 Å². The van der Waals surface area contributed by atoms with Gasteiger partial charge in [-0.25, -0.2) is 19.6 Å². The SMILES string of the molecule is COCCOCCOCCOCCOCCOCCOCCOCCOc1nn(C2CCC(N3CCOCC3)CC2)cc1Nc1ncc(-c2ccc(C#N)c(O[C@@H](C)Cn3cncn3)c2)cn1. The number of nitrogens with one attached hydrogen (secondary N) is 1. The van der Waals surface area contributed by atoms with Gasteiger partial charge in [-0.2, -0.15) is 10.4 Å². The minimum Gasteiger partial charge on any atom is -0.487 e. The first-order valence-corrected chi connectivity index (χ1v) is 23.3. The van der Waals surface area contributed by atoms with Gasteiger partial charge in [0.05, 0.1) is 137 Å². The molecule has 0 amide bonds. The van der Waals surface area contributed by atoms with Crippen molar-refractivity contribution in [3.8, 4) is 28.8 Å². The average Bonchev–Trinajstić information content (AvgIpc) is 4.03. The fourth-order valence-corrected chi connectivity index (χ4v) is 7.54. The fraction of sp³-hybridized carbons (Fsp3) is 0.652. The van der Waals surface area contributed by atoms with Gasteiger partial charge >= 0.3 is 0 Å². The molecule has 1 saturated heterocycles. The van der Waals surface area contributed by atoms with Crippen LogP contribution < -0.4 is 14.8 Å². The lowest BCUT2D eigenvalue weighted by Crippen LogP contribution is -2.45. The van der Waals surface area contributed by atoms with Crippen LogP contribution in [0.5, 0.6) is 11.6 Å². The summed E-state index contributed by atoms with van der Waals surface area (Å²) < 4.78 is 65.4. The summed E-state index contributed by atoms with van der Waals surface area (Å²) in [5, 5.41) is 22.1. The molecule has 1 aliphatic heterocycles. The molecule has 1 aromatic carbocycles. The van der Waals surface area contributed by atoms with E-state index in [9.17, 15) is 5.26 Å². The van der Waals surface area contributed by atoms with Crippen LogP contribution in [0.15, 0.2) is 49.4 Å². The Morgan fingerprint density at radius 3 is 1.87 bits per heavy atom. The number of morpholine rings is 1. The Morgan fingerprint density at radius 1 is 0.746 bits per heavy atom. The van der Waals surface area contributed by atoms with Crippen LogP contribution in [-0.2, 0) is 49.2 Å². The number of rotatable bonds is 34. The molecule has 4 aromatic rings. The topological polar surface area (TPSA) is 215 Å². The maximum atomic E-state index is 9.76. The molecule has 1 aliphatic carbocycles. The van der Waals surface area contributed by atoms with Gasteiger partial charge in [0.2, 0.25) is 5.95 Å². The Labute approximate surface area is 393 Å². The second-order valence-corrected chi connectivity index (χ2v) is 15.9. The van der Waals surface area contributed by atoms with Gasteiger partial charge in [-0.05, 0) is 50.3 Å². The number of anilines is 2. The third-order valence-electron chi connectivity index (χ3n) is 11.0. The number of ether oxygens (including phenoxy) is 11. The van der Waals surface area contributed by atoms with Crippen LogP contribution in [-0.4, -0.2) is 191 Å². The molecule has 0 bridgehead atoms. The van der Waals surface area contributed by atoms with Crippen molar-refractivity contribution in [3.05, 3.63) is 55.0 Å². The molecule has 0 unspecified atom stereocenters. The molecule has 6 rings (SSSR count). The summed E-state index contributed by atoms with van der Waals surface area (Å²) in [6.07, 6.45) is 12.6. The van der Waals surface area contributed by atoms with Crippen molar-refractivity contribution in [3.63, 3.8) is 0 Å². The lowest BCUT2D eigenvalue weighted by Gasteiger charge is -2.38. The highest BCUT2D eigenvalue weighted by Crippen LogP contribution is 2.35. The van der Waals surface area contributed by atoms with Crippen molar-refractivity contribution in [1.29, 1.82) is 5.26 Å². The van der Waals surface area contributed by atoms with Gasteiger partial charge in [0.1, 0.15) is 42.9 Å². The summed E-state index contributed by atoms with van der Waals surface area (Å²) in [5.74, 6) is 1.31. The molecule has 2 fully saturated rings. The van der Waals surface area contributed by atoms with Crippen LogP contribution in [0.2, 0.25) is 0 Å². The quantitative estimate of drug-likeness (QED) is 0.0656. The first-order valence-electron chi connectivity index (χ1n) is 23.3. The standard InChI is InChI=1S/C46H68N10O11/c1-37(33-55-36-48-35-51-55)67-44-29-38(3-4-39(44)30-47)40-31-49-46(50-32-40)52-43-34-56(42-7-5-41(6-8-42)54-9-11-58-12-10-54)53-45(43)66-28-27-65-26-25-64-24-23-63-22-21-62-20-19-61-18-17-60-16-15-59-14-13-57-2/h3-4,29,31-32,34-37,41-42H,5-28,33H2,1-2H3,(H,49,50,52)/t37-,41?,42?/m0/s1. The smallest absolute Gasteiger partial charge is 0.257 e. The van der Waals surface area contributed by atoms with E-state index in [0.717, 1.165) is 63.1 Å². The summed E-state index contributed by atoms with van der Waals surface area (Å²) in [7, 11) is 1.64. The van der Waals surface area contributed by atoms with Gasteiger partial charge in [-0.1, -0.05) is 6.07 Å². The van der Waals surface area contributed by atoms with Gasteiger partial charge < -0.3 is 57.4 Å². The van der Waals surface area contributed by atoms with E-state index < -0.39 is 0 Å². The van der Waals surface area contributed by atoms with Crippen molar-refractivity contribution >= 4 is 11.6 Å². The van der Waals surface area contributed by atoms with Gasteiger partial charge in [-0.3, -0.25) is 9.58 Å². The monoisotopic (exact) mass is 937 g/mol. The van der Waals surface area contributed by atoms with Crippen molar-refractivity contribution in [2.24, 2.45) is 0 Å². The molecule has 368 valence electrons. The lowest BCUT2D eigenvalue weighted by atomic mass is 9.90. The molecular weight excluding hydrogens is 869 g/mol. The molecule has 0 radical (unpaired) electrons. The number of nitriles is 1. The first kappa shape index (κ1) is 51.5. The van der Waals surface area contributed by atoms with Gasteiger partial charge in [-0.15, -0.1) is 5.10 Å². The van der Waals surface area contributed by atoms with Gasteiger partial charge in [0.15, 0.2) is 0 Å². The van der Waals surface area contributed by atoms with E-state index in [0.29, 0.717) is 147 Å². The van der Waals surface area contributed by atoms with Crippen LogP contribution in [0, 0.1) is 11.3 Å². The van der Waals surface area contributed by atoms with Gasteiger partial charge in [0.25, 0.3) is 5.88 Å². The minimum atomic E-state index is -0.253. The molecule has 1 N–H and O–H groups in total. The Morgan fingerprint density at radius 2 is 1.31 bits per heavy atom. The maximum absolute atomic E-state index is 9.76. The van der Waals surface area contributed by atoms with Crippen LogP contribution in [0.3, 0.4) is 0 Å². The number of nitrogens with zero attached hydrogens (tertiary/aromatic N) is 9. The third kappa shape index (κ3) is 18.6. The second kappa shape index (κ2) is 30.5. The van der Waals surface area contributed by atoms with E-state index in [-0.39, 0.29) is 12.1 Å². The van der Waals surface area contributed by atoms with Crippen molar-refractivity contribution in [1.82, 2.24) is 39.4 Å². The molecule has 21 nitrogen and oxygen atoms in total. The van der Waals surface area contributed by atoms with E-state index in [1.165, 1.54) is 6.33 Å². The first-order chi connectivity index (χ1) is 33.1. The van der Waals surface area contributed by atoms with Gasteiger partial charge in [0, 0.05) is 44.2 Å². The normalized spacial score (nSPS) is 17.0. The summed E-state index contributed by atoms with van der Waals surface area (Å²) >= 11 is 0. The summed E-state index contributed by atoms with van der Waals surface area (Å²) in [5.41, 5.74) is 2.67. The number of aromatic nitrogens is 7. The zero-order valence-corrected chi connectivity index (χ0v) is 39.0. The molecule has 1 atom stereocenters. The van der Waals surface area contributed by atoms with E-state index in [1.807, 2.05) is 29.9 Å². The molecule has 1 saturated carbocycles. The summed E-state index contributed by atoms with van der Waals surface area (Å²) in [4.78, 5) is 15.8. The highest BCUT2D eigenvalue weighted by Gasteiger charge is 2.29. The summed E-state index contributed by atoms with van der Waals surface area (Å²) in [6.45, 7) is 13.6. The molecule has 67 heavy (non-hydrogen) atoms. The molecular formula is C46H68N10O11. The number of hydrogen-bond acceptors (Lipinski definition) is 19. The molecule has 2 aliphatic rings. The average molecular weight is 937 g/mol. The van der Waals surface area contributed by atoms with Crippen LogP contribution in [0.25, 0.3) is 11.1 Å². The largest absolute Gasteiger partial charge is 0.487 e. The van der Waals surface area contributed by atoms with Crippen LogP contribution >= 0.6 is 0 Å². The van der Waals surface area contributed by atoms with E-state index in [1.54, 1.807) is 36.6 Å². The van der Waals surface area contributed by atoms with E-state index in [4.69, 9.17) is 57.2 Å². The zero-order valence-electron chi connectivity index (χ0n) is 39.0. The Kier molecular flexibility index (Phi) is 23.5. The molecule has 3 aromatic heterocycles. The zero-order chi connectivity index (χ0) is 46.6. The Balaban J connectivity index is 0.896. The lowest BCUT2D eigenvalue weighted by molar-refractivity contribution is -0.0227. The fourth-order valence-electron chi connectivity index (χ4n) is 7.54. The molecule has 4 heterocycles. The van der Waals surface area contributed by atoms with E-state index in [2.05, 4.69) is 36.3 Å². The number of methoxy groups -OCH3 is 1. The second-order valence-electron chi connectivity index (χ2n) is 15.9. The predicted molar refractivity (Wildman–Crippen MR) is 245 cm³/mol. The summed E-state index contributed by atoms with van der Waals surface area (Å²) in [6, 6.07) is 8.46. The predicted octanol–water partition coefficient (Wildman–Crippen LogP) is 3.97. The van der Waals surface area contributed by atoms with E-state index >= 15 is 0 Å². The van der Waals surface area contributed by atoms with Crippen molar-refractivity contribution in [2.75, 3.05) is 144 Å². The van der Waals surface area contributed by atoms with Crippen molar-refractivity contribution < 1.29 is 52.1 Å². The van der Waals surface area contributed by atoms with Crippen LogP contribution in [0.4, 0.5) is 11.6 Å². The highest BCUT2D eigenvalue weighted by molar-refractivity contribution is 5.67. The minimum absolute atomic E-state index is 0.245. The maximum Gasteiger partial charge on any atom is 0.257 e. The van der Waals surface area contributed by atoms with Crippen LogP contribution in [0.1, 0.15) is 44.2 Å².